The van der Waals surface area contributed by atoms with Crippen molar-refractivity contribution in [3.8, 4) is 0 Å². The number of nitrogens with zero attached hydrogens (tertiary/aromatic N) is 2. The Hall–Kier alpha value is -3.32. The molecule has 0 bridgehead atoms. The molecule has 1 amide bonds. The molecule has 0 aliphatic carbocycles. The third kappa shape index (κ3) is 3.45. The maximum atomic E-state index is 13.5. The van der Waals surface area contributed by atoms with E-state index >= 15 is 0 Å². The molecule has 0 radical (unpaired) electrons. The van der Waals surface area contributed by atoms with Gasteiger partial charge in [-0.05, 0) is 42.0 Å². The van der Waals surface area contributed by atoms with Gasteiger partial charge in [0.25, 0.3) is 5.78 Å². The number of carbonyl (C=O) groups excluding carboxylic acids is 2. The average Bonchev–Trinajstić information content (AvgIpc) is 3.00. The molecule has 1 N–H and O–H groups in total. The van der Waals surface area contributed by atoms with Crippen molar-refractivity contribution >= 4 is 39.2 Å². The predicted octanol–water partition coefficient (Wildman–Crippen LogP) is 4.61. The Morgan fingerprint density at radius 1 is 1.00 bits per heavy atom. The highest BCUT2D eigenvalue weighted by Crippen LogP contribution is 2.41. The molecule has 5 nitrogen and oxygen atoms in total. The van der Waals surface area contributed by atoms with Gasteiger partial charge in [0.1, 0.15) is 17.4 Å². The van der Waals surface area contributed by atoms with Crippen LogP contribution in [-0.2, 0) is 9.59 Å². The van der Waals surface area contributed by atoms with Crippen LogP contribution in [0.15, 0.2) is 83.0 Å². The molecule has 7 heteroatoms. The molecular weight excluding hydrogens is 439 g/mol. The standard InChI is InChI=1S/C22H14BrFN2O3/c23-15-8-4-14(5-9-15)20(27)18-19(13-6-10-16(24)11-7-13)26(22(29)21(18)28)17-3-1-2-12-25-17/h1-12,19,27H/t19-/m1/s1. The van der Waals surface area contributed by atoms with E-state index in [1.807, 2.05) is 0 Å². The fourth-order valence-corrected chi connectivity index (χ4v) is 3.55. The molecule has 1 aliphatic rings. The number of halogens is 2. The lowest BCUT2D eigenvalue weighted by Crippen LogP contribution is -2.30. The zero-order valence-corrected chi connectivity index (χ0v) is 16.5. The van der Waals surface area contributed by atoms with E-state index in [2.05, 4.69) is 20.9 Å². The van der Waals surface area contributed by atoms with Crippen LogP contribution in [0.4, 0.5) is 10.2 Å². The molecule has 0 spiro atoms. The van der Waals surface area contributed by atoms with Gasteiger partial charge >= 0.3 is 5.91 Å². The second kappa shape index (κ2) is 7.60. The number of rotatable bonds is 3. The first kappa shape index (κ1) is 19.0. The van der Waals surface area contributed by atoms with Crippen molar-refractivity contribution in [2.75, 3.05) is 4.90 Å². The van der Waals surface area contributed by atoms with Crippen molar-refractivity contribution in [1.82, 2.24) is 4.98 Å². The van der Waals surface area contributed by atoms with Gasteiger partial charge in [-0.15, -0.1) is 0 Å². The fraction of sp³-hybridized carbons (Fsp3) is 0.0455. The van der Waals surface area contributed by atoms with E-state index < -0.39 is 23.5 Å². The number of aliphatic hydroxyl groups is 1. The van der Waals surface area contributed by atoms with Gasteiger partial charge in [-0.1, -0.05) is 46.3 Å². The smallest absolute Gasteiger partial charge is 0.301 e. The summed E-state index contributed by atoms with van der Waals surface area (Å²) in [6, 6.07) is 16.2. The van der Waals surface area contributed by atoms with Crippen LogP contribution in [0.2, 0.25) is 0 Å². The van der Waals surface area contributed by atoms with Gasteiger partial charge in [0, 0.05) is 16.2 Å². The molecule has 0 saturated carbocycles. The number of pyridine rings is 1. The number of Topliss-reactive ketones (excluding diaryl/α,β-unsaturated/α-hetero) is 1. The van der Waals surface area contributed by atoms with Gasteiger partial charge in [0.15, 0.2) is 0 Å². The van der Waals surface area contributed by atoms with E-state index in [1.165, 1.54) is 35.4 Å². The van der Waals surface area contributed by atoms with Gasteiger partial charge in [-0.25, -0.2) is 9.37 Å². The van der Waals surface area contributed by atoms with E-state index in [-0.39, 0.29) is 17.2 Å². The van der Waals surface area contributed by atoms with Crippen LogP contribution >= 0.6 is 15.9 Å². The minimum absolute atomic E-state index is 0.0745. The Kier molecular flexibility index (Phi) is 4.98. The number of hydrogen-bond donors (Lipinski definition) is 1. The number of aliphatic hydroxyl groups excluding tert-OH is 1. The molecule has 0 unspecified atom stereocenters. The largest absolute Gasteiger partial charge is 0.507 e. The first-order chi connectivity index (χ1) is 14.0. The maximum absolute atomic E-state index is 13.5. The van der Waals surface area contributed by atoms with Crippen LogP contribution in [0, 0.1) is 5.82 Å². The first-order valence-corrected chi connectivity index (χ1v) is 9.50. The van der Waals surface area contributed by atoms with Crippen molar-refractivity contribution in [3.63, 3.8) is 0 Å². The van der Waals surface area contributed by atoms with Crippen LogP contribution < -0.4 is 4.90 Å². The summed E-state index contributed by atoms with van der Waals surface area (Å²) in [5, 5.41) is 10.9. The zero-order valence-electron chi connectivity index (χ0n) is 14.9. The quantitative estimate of drug-likeness (QED) is 0.357. The lowest BCUT2D eigenvalue weighted by atomic mass is 9.95. The molecule has 1 saturated heterocycles. The normalized spacial score (nSPS) is 18.3. The van der Waals surface area contributed by atoms with E-state index in [0.717, 1.165) is 4.47 Å². The number of ketones is 1. The highest BCUT2D eigenvalue weighted by Gasteiger charge is 2.47. The minimum atomic E-state index is -0.936. The number of anilines is 1. The van der Waals surface area contributed by atoms with Crippen LogP contribution in [0.5, 0.6) is 0 Å². The van der Waals surface area contributed by atoms with Crippen molar-refractivity contribution in [3.05, 3.63) is 99.9 Å². The van der Waals surface area contributed by atoms with Crippen LogP contribution in [0.3, 0.4) is 0 Å². The van der Waals surface area contributed by atoms with E-state index in [9.17, 15) is 19.1 Å². The Morgan fingerprint density at radius 3 is 2.31 bits per heavy atom. The highest BCUT2D eigenvalue weighted by molar-refractivity contribution is 9.10. The summed E-state index contributed by atoms with van der Waals surface area (Å²) in [5.41, 5.74) is 0.795. The van der Waals surface area contributed by atoms with Gasteiger partial charge in [-0.3, -0.25) is 14.5 Å². The van der Waals surface area contributed by atoms with Gasteiger partial charge in [0.2, 0.25) is 0 Å². The summed E-state index contributed by atoms with van der Waals surface area (Å²) in [7, 11) is 0. The van der Waals surface area contributed by atoms with Crippen molar-refractivity contribution in [2.24, 2.45) is 0 Å². The number of hydrogen-bond acceptors (Lipinski definition) is 4. The third-order valence-corrected chi connectivity index (χ3v) is 5.17. The van der Waals surface area contributed by atoms with Crippen LogP contribution in [-0.4, -0.2) is 21.8 Å². The van der Waals surface area contributed by atoms with Crippen molar-refractivity contribution in [1.29, 1.82) is 0 Å². The lowest BCUT2D eigenvalue weighted by molar-refractivity contribution is -0.132. The molecule has 29 heavy (non-hydrogen) atoms. The number of benzene rings is 2. The third-order valence-electron chi connectivity index (χ3n) is 4.64. The molecule has 2 heterocycles. The van der Waals surface area contributed by atoms with Gasteiger partial charge in [-0.2, -0.15) is 0 Å². The molecule has 4 rings (SSSR count). The Bertz CT molecular complexity index is 1110. The van der Waals surface area contributed by atoms with Crippen molar-refractivity contribution in [2.45, 2.75) is 6.04 Å². The average molecular weight is 453 g/mol. The zero-order chi connectivity index (χ0) is 20.5. The molecule has 1 fully saturated rings. The minimum Gasteiger partial charge on any atom is -0.507 e. The highest BCUT2D eigenvalue weighted by atomic mass is 79.9. The summed E-state index contributed by atoms with van der Waals surface area (Å²) in [4.78, 5) is 31.2. The summed E-state index contributed by atoms with van der Waals surface area (Å²) in [5.74, 6) is -2.12. The monoisotopic (exact) mass is 452 g/mol. The topological polar surface area (TPSA) is 70.5 Å². The van der Waals surface area contributed by atoms with E-state index in [4.69, 9.17) is 0 Å². The lowest BCUT2D eigenvalue weighted by Gasteiger charge is -2.24. The second-order valence-corrected chi connectivity index (χ2v) is 7.33. The molecule has 1 atom stereocenters. The maximum Gasteiger partial charge on any atom is 0.301 e. The molecule has 1 aromatic heterocycles. The SMILES string of the molecule is O=C1C(=O)N(c2ccccn2)[C@H](c2ccc(F)cc2)C1=C(O)c1ccc(Br)cc1. The molecule has 1 aliphatic heterocycles. The predicted molar refractivity (Wildman–Crippen MR) is 110 cm³/mol. The van der Waals surface area contributed by atoms with Crippen LogP contribution in [0.25, 0.3) is 5.76 Å². The number of aromatic nitrogens is 1. The summed E-state index contributed by atoms with van der Waals surface area (Å²) < 4.78 is 14.3. The number of carbonyl (C=O) groups is 2. The van der Waals surface area contributed by atoms with Gasteiger partial charge < -0.3 is 5.11 Å². The Labute approximate surface area is 174 Å². The Morgan fingerprint density at radius 2 is 1.69 bits per heavy atom. The summed E-state index contributed by atoms with van der Waals surface area (Å²) in [6.45, 7) is 0. The summed E-state index contributed by atoms with van der Waals surface area (Å²) in [6.07, 6.45) is 1.51. The second-order valence-electron chi connectivity index (χ2n) is 6.42. The van der Waals surface area contributed by atoms with Crippen LogP contribution in [0.1, 0.15) is 17.2 Å². The Balaban J connectivity index is 1.94. The van der Waals surface area contributed by atoms with Crippen molar-refractivity contribution < 1.29 is 19.1 Å². The molecule has 3 aromatic rings. The fourth-order valence-electron chi connectivity index (χ4n) is 3.29. The summed E-state index contributed by atoms with van der Waals surface area (Å²) >= 11 is 3.32. The van der Waals surface area contributed by atoms with E-state index in [1.54, 1.807) is 42.5 Å². The molecule has 144 valence electrons. The first-order valence-electron chi connectivity index (χ1n) is 8.71. The van der Waals surface area contributed by atoms with E-state index in [0.29, 0.717) is 11.1 Å². The number of amides is 1. The molecule has 2 aromatic carbocycles. The van der Waals surface area contributed by atoms with Gasteiger partial charge in [0.05, 0.1) is 11.6 Å². The molecular formula is C22H14BrFN2O3.